The molecular weight excluding hydrogens is 262 g/mol. The Kier molecular flexibility index (Phi) is 4.74. The second kappa shape index (κ2) is 7.14. The van der Waals surface area contributed by atoms with Gasteiger partial charge in [-0.1, -0.05) is 30.3 Å². The summed E-state index contributed by atoms with van der Waals surface area (Å²) >= 11 is 0. The average molecular weight is 283 g/mol. The van der Waals surface area contributed by atoms with Gasteiger partial charge in [-0.3, -0.25) is 0 Å². The lowest BCUT2D eigenvalue weighted by Crippen LogP contribution is -2.33. The van der Waals surface area contributed by atoms with Crippen molar-refractivity contribution in [2.24, 2.45) is 5.92 Å². The Morgan fingerprint density at radius 2 is 1.71 bits per heavy atom. The smallest absolute Gasteiger partial charge is 0.169 e. The van der Waals surface area contributed by atoms with Crippen molar-refractivity contribution in [3.8, 4) is 17.2 Å². The van der Waals surface area contributed by atoms with Crippen molar-refractivity contribution in [3.63, 3.8) is 0 Å². The number of para-hydroxylation sites is 3. The normalized spacial score (nSPS) is 18.2. The van der Waals surface area contributed by atoms with E-state index in [1.807, 2.05) is 54.6 Å². The summed E-state index contributed by atoms with van der Waals surface area (Å²) in [5.74, 6) is 3.00. The fraction of sp³-hybridized carbons (Fsp3) is 0.333. The molecule has 0 bridgehead atoms. The number of piperidine rings is 1. The van der Waals surface area contributed by atoms with Crippen LogP contribution >= 0.6 is 0 Å². The average Bonchev–Trinajstić information content (AvgIpc) is 2.56. The molecule has 1 saturated heterocycles. The van der Waals surface area contributed by atoms with Gasteiger partial charge in [0.15, 0.2) is 11.5 Å². The minimum Gasteiger partial charge on any atom is -0.489 e. The van der Waals surface area contributed by atoms with Gasteiger partial charge in [-0.05, 0) is 43.7 Å². The summed E-state index contributed by atoms with van der Waals surface area (Å²) in [6.07, 6.45) is 2.46. The minimum absolute atomic E-state index is 0.587. The number of hydrogen-bond acceptors (Lipinski definition) is 3. The topological polar surface area (TPSA) is 30.5 Å². The lowest BCUT2D eigenvalue weighted by Gasteiger charge is -2.23. The Balaban J connectivity index is 1.64. The monoisotopic (exact) mass is 283 g/mol. The summed E-state index contributed by atoms with van der Waals surface area (Å²) < 4.78 is 11.9. The molecule has 1 aliphatic heterocycles. The maximum Gasteiger partial charge on any atom is 0.169 e. The molecule has 3 nitrogen and oxygen atoms in total. The first-order valence-corrected chi connectivity index (χ1v) is 7.57. The fourth-order valence-corrected chi connectivity index (χ4v) is 2.54. The van der Waals surface area contributed by atoms with Crippen molar-refractivity contribution < 1.29 is 9.47 Å². The predicted molar refractivity (Wildman–Crippen MR) is 84.0 cm³/mol. The van der Waals surface area contributed by atoms with Crippen molar-refractivity contribution >= 4 is 0 Å². The van der Waals surface area contributed by atoms with E-state index < -0.39 is 0 Å². The molecule has 0 unspecified atom stereocenters. The molecule has 2 aromatic rings. The Bertz CT molecular complexity index is 550. The summed E-state index contributed by atoms with van der Waals surface area (Å²) in [6.45, 7) is 2.91. The van der Waals surface area contributed by atoms with E-state index in [0.717, 1.165) is 36.9 Å². The highest BCUT2D eigenvalue weighted by Crippen LogP contribution is 2.31. The van der Waals surface area contributed by atoms with Gasteiger partial charge in [0.25, 0.3) is 0 Å². The van der Waals surface area contributed by atoms with Gasteiger partial charge in [-0.25, -0.2) is 0 Å². The molecule has 1 atom stereocenters. The third-order valence-electron chi connectivity index (χ3n) is 3.69. The van der Waals surface area contributed by atoms with E-state index in [4.69, 9.17) is 9.47 Å². The van der Waals surface area contributed by atoms with E-state index in [1.165, 1.54) is 12.8 Å². The van der Waals surface area contributed by atoms with Crippen LogP contribution in [0, 0.1) is 5.92 Å². The van der Waals surface area contributed by atoms with Gasteiger partial charge in [0.2, 0.25) is 0 Å². The molecule has 1 N–H and O–H groups in total. The highest BCUT2D eigenvalue weighted by molar-refractivity contribution is 5.42. The van der Waals surface area contributed by atoms with Gasteiger partial charge in [0.1, 0.15) is 5.75 Å². The third kappa shape index (κ3) is 3.99. The van der Waals surface area contributed by atoms with E-state index in [1.54, 1.807) is 0 Å². The summed E-state index contributed by atoms with van der Waals surface area (Å²) in [4.78, 5) is 0. The van der Waals surface area contributed by atoms with E-state index in [2.05, 4.69) is 5.32 Å². The van der Waals surface area contributed by atoms with Gasteiger partial charge in [-0.2, -0.15) is 0 Å². The molecule has 1 fully saturated rings. The first kappa shape index (κ1) is 14.0. The van der Waals surface area contributed by atoms with Crippen LogP contribution in [-0.4, -0.2) is 19.7 Å². The fourth-order valence-electron chi connectivity index (χ4n) is 2.54. The summed E-state index contributed by atoms with van der Waals surface area (Å²) in [5, 5.41) is 3.41. The maximum atomic E-state index is 5.98. The van der Waals surface area contributed by atoms with Crippen LogP contribution in [0.3, 0.4) is 0 Å². The van der Waals surface area contributed by atoms with Gasteiger partial charge in [0, 0.05) is 12.5 Å². The predicted octanol–water partition coefficient (Wildman–Crippen LogP) is 3.86. The number of hydrogen-bond donors (Lipinski definition) is 1. The lowest BCUT2D eigenvalue weighted by atomic mass is 10.0. The zero-order valence-electron chi connectivity index (χ0n) is 12.1. The van der Waals surface area contributed by atoms with Crippen molar-refractivity contribution in [2.45, 2.75) is 12.8 Å². The molecule has 0 aromatic heterocycles. The highest BCUT2D eigenvalue weighted by atomic mass is 16.5. The Labute approximate surface area is 125 Å². The molecular formula is C18H21NO2. The van der Waals surface area contributed by atoms with Gasteiger partial charge >= 0.3 is 0 Å². The van der Waals surface area contributed by atoms with Crippen LogP contribution in [0.1, 0.15) is 12.8 Å². The quantitative estimate of drug-likeness (QED) is 0.904. The minimum atomic E-state index is 0.587. The van der Waals surface area contributed by atoms with Crippen LogP contribution < -0.4 is 14.8 Å². The van der Waals surface area contributed by atoms with Crippen LogP contribution in [0.2, 0.25) is 0 Å². The first-order valence-electron chi connectivity index (χ1n) is 7.57. The molecule has 0 saturated carbocycles. The molecule has 0 spiro atoms. The van der Waals surface area contributed by atoms with E-state index in [9.17, 15) is 0 Å². The van der Waals surface area contributed by atoms with E-state index >= 15 is 0 Å². The van der Waals surface area contributed by atoms with Crippen molar-refractivity contribution in [3.05, 3.63) is 54.6 Å². The van der Waals surface area contributed by atoms with Crippen LogP contribution in [0.4, 0.5) is 0 Å². The van der Waals surface area contributed by atoms with Gasteiger partial charge in [-0.15, -0.1) is 0 Å². The summed E-state index contributed by atoms with van der Waals surface area (Å²) in [7, 11) is 0. The zero-order valence-corrected chi connectivity index (χ0v) is 12.1. The maximum absolute atomic E-state index is 5.98. The molecule has 110 valence electrons. The van der Waals surface area contributed by atoms with Crippen LogP contribution in [-0.2, 0) is 0 Å². The molecule has 3 rings (SSSR count). The Morgan fingerprint density at radius 1 is 0.952 bits per heavy atom. The molecule has 1 aliphatic rings. The summed E-state index contributed by atoms with van der Waals surface area (Å²) in [5.41, 5.74) is 0. The second-order valence-electron chi connectivity index (χ2n) is 5.39. The van der Waals surface area contributed by atoms with Crippen molar-refractivity contribution in [1.29, 1.82) is 0 Å². The largest absolute Gasteiger partial charge is 0.489 e. The zero-order chi connectivity index (χ0) is 14.3. The van der Waals surface area contributed by atoms with Crippen LogP contribution in [0.5, 0.6) is 17.2 Å². The molecule has 2 aromatic carbocycles. The van der Waals surface area contributed by atoms with Gasteiger partial charge < -0.3 is 14.8 Å². The first-order chi connectivity index (χ1) is 10.4. The number of benzene rings is 2. The third-order valence-corrected chi connectivity index (χ3v) is 3.69. The van der Waals surface area contributed by atoms with Crippen LogP contribution in [0.25, 0.3) is 0 Å². The lowest BCUT2D eigenvalue weighted by molar-refractivity contribution is 0.213. The summed E-state index contributed by atoms with van der Waals surface area (Å²) in [6, 6.07) is 17.7. The van der Waals surface area contributed by atoms with Crippen molar-refractivity contribution in [2.75, 3.05) is 19.7 Å². The van der Waals surface area contributed by atoms with E-state index in [0.29, 0.717) is 5.92 Å². The Hall–Kier alpha value is -2.00. The molecule has 0 radical (unpaired) electrons. The van der Waals surface area contributed by atoms with Gasteiger partial charge in [0.05, 0.1) is 6.61 Å². The second-order valence-corrected chi connectivity index (χ2v) is 5.39. The SMILES string of the molecule is c1ccc(Oc2ccccc2OC[C@H]2CCCNC2)cc1. The molecule has 0 aliphatic carbocycles. The van der Waals surface area contributed by atoms with E-state index in [-0.39, 0.29) is 0 Å². The highest BCUT2D eigenvalue weighted by Gasteiger charge is 2.14. The molecule has 21 heavy (non-hydrogen) atoms. The van der Waals surface area contributed by atoms with Crippen LogP contribution in [0.15, 0.2) is 54.6 Å². The number of nitrogens with one attached hydrogen (secondary N) is 1. The number of rotatable bonds is 5. The number of ether oxygens (including phenoxy) is 2. The molecule has 3 heteroatoms. The standard InChI is InChI=1S/C18H21NO2/c1-2-8-16(9-3-1)21-18-11-5-4-10-17(18)20-14-15-7-6-12-19-13-15/h1-5,8-11,15,19H,6-7,12-14H2/t15-/m0/s1. The molecule has 1 heterocycles. The molecule has 0 amide bonds. The Morgan fingerprint density at radius 3 is 2.48 bits per heavy atom. The van der Waals surface area contributed by atoms with Crippen molar-refractivity contribution in [1.82, 2.24) is 5.32 Å².